The molecule has 2 rings (SSSR count). The number of carbonyl (C=O) groups is 2. The molecule has 2 aromatic rings. The van der Waals surface area contributed by atoms with E-state index in [9.17, 15) is 9.59 Å². The van der Waals surface area contributed by atoms with E-state index in [1.807, 2.05) is 25.1 Å². The summed E-state index contributed by atoms with van der Waals surface area (Å²) in [5, 5.41) is 18.9. The highest BCUT2D eigenvalue weighted by Gasteiger charge is 2.08. The summed E-state index contributed by atoms with van der Waals surface area (Å²) >= 11 is 3.38. The molecule has 0 spiro atoms. The number of nitrogens with zero attached hydrogens (tertiary/aromatic N) is 3. The zero-order valence-electron chi connectivity index (χ0n) is 11.9. The van der Waals surface area contributed by atoms with E-state index >= 15 is 0 Å². The highest BCUT2D eigenvalue weighted by molar-refractivity contribution is 9.10. The fourth-order valence-corrected chi connectivity index (χ4v) is 2.39. The van der Waals surface area contributed by atoms with Gasteiger partial charge in [-0.05, 0) is 30.2 Å². The van der Waals surface area contributed by atoms with E-state index in [1.54, 1.807) is 0 Å². The summed E-state index contributed by atoms with van der Waals surface area (Å²) in [7, 11) is 0. The lowest BCUT2D eigenvalue weighted by Gasteiger charge is -2.06. The molecular formula is C14H15BrN4O3. The normalized spacial score (nSPS) is 10.5. The van der Waals surface area contributed by atoms with Crippen molar-refractivity contribution in [2.24, 2.45) is 0 Å². The molecule has 0 bridgehead atoms. The summed E-state index contributed by atoms with van der Waals surface area (Å²) in [6.45, 7) is 1.91. The van der Waals surface area contributed by atoms with Gasteiger partial charge in [-0.25, -0.2) is 4.68 Å². The molecule has 0 radical (unpaired) electrons. The van der Waals surface area contributed by atoms with Gasteiger partial charge in [0.1, 0.15) is 12.2 Å². The predicted molar refractivity (Wildman–Crippen MR) is 82.1 cm³/mol. The molecule has 1 aromatic heterocycles. The topological polar surface area (TPSA) is 97.1 Å². The maximum absolute atomic E-state index is 11.9. The third kappa shape index (κ3) is 4.66. The zero-order chi connectivity index (χ0) is 16.1. The second-order valence-electron chi connectivity index (χ2n) is 4.83. The summed E-state index contributed by atoms with van der Waals surface area (Å²) in [6.07, 6.45) is 1.78. The lowest BCUT2D eigenvalue weighted by molar-refractivity contribution is -0.138. The first-order chi connectivity index (χ1) is 10.4. The number of hydrogen-bond donors (Lipinski definition) is 2. The van der Waals surface area contributed by atoms with Gasteiger partial charge in [0, 0.05) is 4.47 Å². The highest BCUT2D eigenvalue weighted by atomic mass is 79.9. The Morgan fingerprint density at radius 1 is 1.41 bits per heavy atom. The van der Waals surface area contributed by atoms with Crippen LogP contribution in [0.5, 0.6) is 0 Å². The van der Waals surface area contributed by atoms with Crippen LogP contribution in [0.1, 0.15) is 16.8 Å². The fourth-order valence-electron chi connectivity index (χ4n) is 1.92. The smallest absolute Gasteiger partial charge is 0.325 e. The van der Waals surface area contributed by atoms with E-state index < -0.39 is 5.97 Å². The number of benzene rings is 1. The first-order valence-corrected chi connectivity index (χ1v) is 7.36. The van der Waals surface area contributed by atoms with Crippen LogP contribution in [0.25, 0.3) is 0 Å². The van der Waals surface area contributed by atoms with Gasteiger partial charge < -0.3 is 10.4 Å². The fraction of sp³-hybridized carbons (Fsp3) is 0.286. The molecular weight excluding hydrogens is 352 g/mol. The molecule has 0 saturated carbocycles. The van der Waals surface area contributed by atoms with E-state index in [2.05, 4.69) is 31.6 Å². The molecule has 1 heterocycles. The van der Waals surface area contributed by atoms with Crippen LogP contribution in [0, 0.1) is 6.92 Å². The Kier molecular flexibility index (Phi) is 5.26. The van der Waals surface area contributed by atoms with Gasteiger partial charge >= 0.3 is 5.97 Å². The van der Waals surface area contributed by atoms with Crippen LogP contribution >= 0.6 is 15.9 Å². The Hall–Kier alpha value is -2.22. The molecule has 22 heavy (non-hydrogen) atoms. The number of carboxylic acid groups (broad SMARTS) is 1. The number of nitrogens with one attached hydrogen (secondary N) is 1. The van der Waals surface area contributed by atoms with Crippen LogP contribution < -0.4 is 5.32 Å². The molecule has 0 aliphatic rings. The van der Waals surface area contributed by atoms with Gasteiger partial charge in [-0.15, -0.1) is 5.10 Å². The number of aromatic nitrogens is 3. The molecule has 8 heteroatoms. The van der Waals surface area contributed by atoms with Crippen molar-refractivity contribution in [2.45, 2.75) is 26.4 Å². The van der Waals surface area contributed by atoms with Gasteiger partial charge in [0.15, 0.2) is 0 Å². The third-order valence-electron chi connectivity index (χ3n) is 3.01. The Morgan fingerprint density at radius 3 is 2.86 bits per heavy atom. The summed E-state index contributed by atoms with van der Waals surface area (Å²) in [5.41, 5.74) is 2.51. The van der Waals surface area contributed by atoms with E-state index in [1.165, 1.54) is 10.9 Å². The Labute approximate surface area is 135 Å². The molecule has 0 unspecified atom stereocenters. The van der Waals surface area contributed by atoms with Crippen molar-refractivity contribution in [3.05, 3.63) is 45.7 Å². The van der Waals surface area contributed by atoms with Gasteiger partial charge in [-0.3, -0.25) is 9.59 Å². The molecule has 0 atom stereocenters. The van der Waals surface area contributed by atoms with Crippen LogP contribution in [0.15, 0.2) is 28.9 Å². The summed E-state index contributed by atoms with van der Waals surface area (Å²) < 4.78 is 2.19. The minimum absolute atomic E-state index is 0.127. The number of carboxylic acids is 1. The summed E-state index contributed by atoms with van der Waals surface area (Å²) in [4.78, 5) is 22.5. The predicted octanol–water partition coefficient (Wildman–Crippen LogP) is 1.29. The van der Waals surface area contributed by atoms with Crippen LogP contribution in [0.3, 0.4) is 0 Å². The number of rotatable bonds is 6. The van der Waals surface area contributed by atoms with E-state index in [0.29, 0.717) is 5.69 Å². The largest absolute Gasteiger partial charge is 0.480 e. The van der Waals surface area contributed by atoms with Crippen molar-refractivity contribution >= 4 is 27.8 Å². The quantitative estimate of drug-likeness (QED) is 0.802. The van der Waals surface area contributed by atoms with Crippen molar-refractivity contribution < 1.29 is 14.7 Å². The van der Waals surface area contributed by atoms with Crippen LogP contribution in [0.2, 0.25) is 0 Å². The van der Waals surface area contributed by atoms with Crippen LogP contribution in [0.4, 0.5) is 0 Å². The Morgan fingerprint density at radius 2 is 2.18 bits per heavy atom. The molecule has 0 saturated heterocycles. The number of hydrogen-bond acceptors (Lipinski definition) is 4. The molecule has 7 nitrogen and oxygen atoms in total. The summed E-state index contributed by atoms with van der Waals surface area (Å²) in [6, 6.07) is 5.76. The van der Waals surface area contributed by atoms with Crippen molar-refractivity contribution in [1.82, 2.24) is 20.3 Å². The lowest BCUT2D eigenvalue weighted by Crippen LogP contribution is -2.25. The van der Waals surface area contributed by atoms with E-state index in [0.717, 1.165) is 15.6 Å². The molecule has 1 amide bonds. The van der Waals surface area contributed by atoms with Crippen molar-refractivity contribution in [3.63, 3.8) is 0 Å². The molecule has 0 fully saturated rings. The average molecular weight is 367 g/mol. The SMILES string of the molecule is Cc1cc(Br)ccc1CC(=O)NCc1cn(CC(=O)O)nn1. The molecule has 0 aliphatic heterocycles. The maximum Gasteiger partial charge on any atom is 0.325 e. The monoisotopic (exact) mass is 366 g/mol. The first-order valence-electron chi connectivity index (χ1n) is 6.56. The molecule has 1 aromatic carbocycles. The number of carbonyl (C=O) groups excluding carboxylic acids is 1. The van der Waals surface area contributed by atoms with Crippen LogP contribution in [-0.2, 0) is 29.1 Å². The Bertz CT molecular complexity index is 699. The number of amides is 1. The van der Waals surface area contributed by atoms with Crippen molar-refractivity contribution in [3.8, 4) is 0 Å². The number of halogens is 1. The van der Waals surface area contributed by atoms with E-state index in [-0.39, 0.29) is 25.4 Å². The maximum atomic E-state index is 11.9. The average Bonchev–Trinajstić information content (AvgIpc) is 2.86. The van der Waals surface area contributed by atoms with Crippen LogP contribution in [-0.4, -0.2) is 32.0 Å². The zero-order valence-corrected chi connectivity index (χ0v) is 13.5. The van der Waals surface area contributed by atoms with Crippen molar-refractivity contribution in [1.29, 1.82) is 0 Å². The third-order valence-corrected chi connectivity index (χ3v) is 3.50. The van der Waals surface area contributed by atoms with Gasteiger partial charge in [0.2, 0.25) is 5.91 Å². The molecule has 0 aliphatic carbocycles. The van der Waals surface area contributed by atoms with Gasteiger partial charge in [0.05, 0.1) is 19.2 Å². The second kappa shape index (κ2) is 7.17. The van der Waals surface area contributed by atoms with Gasteiger partial charge in [0.25, 0.3) is 0 Å². The number of aliphatic carboxylic acids is 1. The van der Waals surface area contributed by atoms with E-state index in [4.69, 9.17) is 5.11 Å². The second-order valence-corrected chi connectivity index (χ2v) is 5.74. The highest BCUT2D eigenvalue weighted by Crippen LogP contribution is 2.16. The standard InChI is InChI=1S/C14H15BrN4O3/c1-9-4-11(15)3-2-10(9)5-13(20)16-6-12-7-19(18-17-12)8-14(21)22/h2-4,7H,5-6,8H2,1H3,(H,16,20)(H,21,22). The molecule has 116 valence electrons. The van der Waals surface area contributed by atoms with Gasteiger partial charge in [-0.2, -0.15) is 0 Å². The lowest BCUT2D eigenvalue weighted by atomic mass is 10.1. The molecule has 2 N–H and O–H groups in total. The minimum atomic E-state index is -0.994. The van der Waals surface area contributed by atoms with Gasteiger partial charge in [-0.1, -0.05) is 27.2 Å². The van der Waals surface area contributed by atoms with Crippen molar-refractivity contribution in [2.75, 3.05) is 0 Å². The first kappa shape index (κ1) is 16.2. The summed E-state index contributed by atoms with van der Waals surface area (Å²) in [5.74, 6) is -1.12. The minimum Gasteiger partial charge on any atom is -0.480 e. The number of aryl methyl sites for hydroxylation is 1. The Balaban J connectivity index is 1.87.